The van der Waals surface area contributed by atoms with Crippen LogP contribution in [0.2, 0.25) is 0 Å². The third-order valence-electron chi connectivity index (χ3n) is 10.6. The lowest BCUT2D eigenvalue weighted by atomic mass is 9.48. The first-order valence-electron chi connectivity index (χ1n) is 12.8. The molecule has 5 aliphatic carbocycles. The maximum absolute atomic E-state index is 13.5. The fraction of sp³-hybridized carbons (Fsp3) is 0.846. The Kier molecular flexibility index (Phi) is 4.74. The molecule has 0 amide bonds. The van der Waals surface area contributed by atoms with Crippen LogP contribution in [-0.2, 0) is 17.5 Å². The van der Waals surface area contributed by atoms with Gasteiger partial charge in [0, 0.05) is 12.1 Å². The number of fused-ring (bicyclic) bond motifs is 7. The first-order chi connectivity index (χ1) is 15.5. The zero-order valence-electron chi connectivity index (χ0n) is 19.5. The predicted molar refractivity (Wildman–Crippen MR) is 116 cm³/mol. The van der Waals surface area contributed by atoms with Crippen LogP contribution in [0.1, 0.15) is 70.8 Å². The van der Waals surface area contributed by atoms with Crippen LogP contribution < -0.4 is 0 Å². The minimum absolute atomic E-state index is 0.0289. The zero-order valence-corrected chi connectivity index (χ0v) is 19.5. The van der Waals surface area contributed by atoms with Crippen molar-refractivity contribution < 1.29 is 23.1 Å². The molecule has 10 atom stereocenters. The molecule has 5 aliphatic rings. The SMILES string of the molecule is C[C@@]1(O)CCC2C(CCC3[C@@H]2CC[C@@]2(C)[C@H]3[C@@H]3C[C@@H]3[C@@H]2C(=O)Cn2cc(C(F)(F)F)cn2)C1. The number of aliphatic hydroxyl groups is 1. The number of hydrogen-bond acceptors (Lipinski definition) is 3. The van der Waals surface area contributed by atoms with E-state index in [1.165, 1.54) is 17.5 Å². The van der Waals surface area contributed by atoms with Crippen LogP contribution in [-0.4, -0.2) is 26.3 Å². The van der Waals surface area contributed by atoms with E-state index >= 15 is 0 Å². The number of carbonyl (C=O) groups is 1. The Balaban J connectivity index is 1.20. The molecular weight excluding hydrogens is 429 g/mol. The predicted octanol–water partition coefficient (Wildman–Crippen LogP) is 5.35. The second-order valence-corrected chi connectivity index (χ2v) is 12.6. The van der Waals surface area contributed by atoms with Gasteiger partial charge in [0.05, 0.1) is 23.9 Å². The van der Waals surface area contributed by atoms with Crippen LogP contribution >= 0.6 is 0 Å². The topological polar surface area (TPSA) is 55.1 Å². The molecule has 0 saturated heterocycles. The van der Waals surface area contributed by atoms with E-state index in [1.54, 1.807) is 0 Å². The summed E-state index contributed by atoms with van der Waals surface area (Å²) in [7, 11) is 0. The normalized spacial score (nSPS) is 48.4. The minimum atomic E-state index is -4.43. The fourth-order valence-corrected chi connectivity index (χ4v) is 9.51. The van der Waals surface area contributed by atoms with Gasteiger partial charge in [0.15, 0.2) is 5.78 Å². The van der Waals surface area contributed by atoms with Crippen LogP contribution in [0.25, 0.3) is 0 Å². The number of Topliss-reactive ketones (excluding diaryl/α,β-unsaturated/α-hetero) is 1. The molecule has 3 unspecified atom stereocenters. The number of halogens is 3. The number of alkyl halides is 3. The second kappa shape index (κ2) is 7.08. The van der Waals surface area contributed by atoms with Gasteiger partial charge in [0.25, 0.3) is 0 Å². The van der Waals surface area contributed by atoms with Crippen molar-refractivity contribution in [3.8, 4) is 0 Å². The third kappa shape index (κ3) is 3.42. The first kappa shape index (κ1) is 22.1. The van der Waals surface area contributed by atoms with Crippen LogP contribution in [0.15, 0.2) is 12.4 Å². The molecule has 0 radical (unpaired) electrons. The van der Waals surface area contributed by atoms with Crippen molar-refractivity contribution in [3.05, 3.63) is 18.0 Å². The number of carbonyl (C=O) groups excluding carboxylic acids is 1. The lowest BCUT2D eigenvalue weighted by Gasteiger charge is -2.57. The molecule has 0 aromatic carbocycles. The molecule has 0 aliphatic heterocycles. The summed E-state index contributed by atoms with van der Waals surface area (Å²) >= 11 is 0. The quantitative estimate of drug-likeness (QED) is 0.656. The molecule has 1 aromatic rings. The number of ketones is 1. The molecule has 5 saturated carbocycles. The van der Waals surface area contributed by atoms with Gasteiger partial charge in [-0.2, -0.15) is 18.3 Å². The first-order valence-corrected chi connectivity index (χ1v) is 12.8. The molecule has 182 valence electrons. The highest BCUT2D eigenvalue weighted by Gasteiger charge is 2.70. The minimum Gasteiger partial charge on any atom is -0.390 e. The Hall–Kier alpha value is -1.37. The van der Waals surface area contributed by atoms with Gasteiger partial charge in [-0.05, 0) is 105 Å². The largest absolute Gasteiger partial charge is 0.419 e. The van der Waals surface area contributed by atoms with Crippen molar-refractivity contribution >= 4 is 5.78 Å². The summed E-state index contributed by atoms with van der Waals surface area (Å²) in [5, 5.41) is 14.4. The van der Waals surface area contributed by atoms with Crippen molar-refractivity contribution in [1.82, 2.24) is 9.78 Å². The highest BCUT2D eigenvalue weighted by molar-refractivity contribution is 5.83. The summed E-state index contributed by atoms with van der Waals surface area (Å²) in [6.07, 6.45) is 6.02. The molecule has 0 bridgehead atoms. The van der Waals surface area contributed by atoms with Crippen LogP contribution in [0.5, 0.6) is 0 Å². The van der Waals surface area contributed by atoms with Crippen LogP contribution in [0, 0.1) is 52.8 Å². The molecule has 33 heavy (non-hydrogen) atoms. The van der Waals surface area contributed by atoms with Crippen molar-refractivity contribution in [2.75, 3.05) is 0 Å². The number of hydrogen-bond donors (Lipinski definition) is 1. The van der Waals surface area contributed by atoms with Gasteiger partial charge >= 0.3 is 6.18 Å². The molecule has 4 nitrogen and oxygen atoms in total. The standard InChI is InChI=1S/C26H35F3N2O2/c1-24(33)7-5-16-14(10-24)3-4-18-17(16)6-8-25(2)22(18)19-9-20(19)23(25)21(32)13-31-12-15(11-30-31)26(27,28)29/h11-12,14,16-20,22-23,33H,3-10,13H2,1-2H3/t14?,16?,17-,18?,19-,20+,22-,23-,24-,25+/m1/s1. The van der Waals surface area contributed by atoms with Crippen molar-refractivity contribution in [1.29, 1.82) is 0 Å². The number of aromatic nitrogens is 2. The van der Waals surface area contributed by atoms with Gasteiger partial charge in [-0.25, -0.2) is 0 Å². The molecule has 1 aromatic heterocycles. The van der Waals surface area contributed by atoms with Crippen molar-refractivity contribution in [2.24, 2.45) is 52.8 Å². The zero-order chi connectivity index (χ0) is 23.3. The summed E-state index contributed by atoms with van der Waals surface area (Å²) in [5.41, 5.74) is -1.33. The number of rotatable bonds is 3. The summed E-state index contributed by atoms with van der Waals surface area (Å²) < 4.78 is 40.1. The van der Waals surface area contributed by atoms with Crippen molar-refractivity contribution in [3.63, 3.8) is 0 Å². The Morgan fingerprint density at radius 3 is 2.58 bits per heavy atom. The number of nitrogens with zero attached hydrogens (tertiary/aromatic N) is 2. The maximum Gasteiger partial charge on any atom is 0.419 e. The van der Waals surface area contributed by atoms with E-state index in [1.807, 2.05) is 6.92 Å². The second-order valence-electron chi connectivity index (χ2n) is 12.6. The highest BCUT2D eigenvalue weighted by Crippen LogP contribution is 2.74. The Labute approximate surface area is 193 Å². The monoisotopic (exact) mass is 464 g/mol. The molecular formula is C26H35F3N2O2. The van der Waals surface area contributed by atoms with E-state index in [4.69, 9.17) is 0 Å². The van der Waals surface area contributed by atoms with E-state index in [-0.39, 0.29) is 23.7 Å². The molecule has 7 heteroatoms. The Morgan fingerprint density at radius 2 is 1.85 bits per heavy atom. The lowest BCUT2D eigenvalue weighted by molar-refractivity contribution is -0.138. The van der Waals surface area contributed by atoms with E-state index in [9.17, 15) is 23.1 Å². The van der Waals surface area contributed by atoms with E-state index in [0.29, 0.717) is 41.4 Å². The van der Waals surface area contributed by atoms with Gasteiger partial charge in [-0.15, -0.1) is 0 Å². The Bertz CT molecular complexity index is 956. The summed E-state index contributed by atoms with van der Waals surface area (Å²) in [6, 6.07) is 0. The van der Waals surface area contributed by atoms with Crippen LogP contribution in [0.4, 0.5) is 13.2 Å². The van der Waals surface area contributed by atoms with Gasteiger partial charge in [0.2, 0.25) is 0 Å². The van der Waals surface area contributed by atoms with Gasteiger partial charge in [-0.3, -0.25) is 9.48 Å². The molecule has 1 N–H and O–H groups in total. The van der Waals surface area contributed by atoms with Gasteiger partial charge < -0.3 is 5.11 Å². The molecule has 5 fully saturated rings. The average Bonchev–Trinajstić information content (AvgIpc) is 3.20. The van der Waals surface area contributed by atoms with E-state index in [0.717, 1.165) is 50.9 Å². The molecule has 1 heterocycles. The average molecular weight is 465 g/mol. The maximum atomic E-state index is 13.5. The van der Waals surface area contributed by atoms with E-state index in [2.05, 4.69) is 12.0 Å². The highest BCUT2D eigenvalue weighted by atomic mass is 19.4. The molecule has 6 rings (SSSR count). The van der Waals surface area contributed by atoms with Gasteiger partial charge in [-0.1, -0.05) is 6.92 Å². The summed E-state index contributed by atoms with van der Waals surface area (Å²) in [5.74, 6) is 4.36. The van der Waals surface area contributed by atoms with Gasteiger partial charge in [0.1, 0.15) is 0 Å². The summed E-state index contributed by atoms with van der Waals surface area (Å²) in [4.78, 5) is 13.5. The lowest BCUT2D eigenvalue weighted by Crippen LogP contribution is -2.52. The van der Waals surface area contributed by atoms with E-state index < -0.39 is 17.3 Å². The van der Waals surface area contributed by atoms with Crippen molar-refractivity contribution in [2.45, 2.75) is 83.5 Å². The Morgan fingerprint density at radius 1 is 1.09 bits per heavy atom. The smallest absolute Gasteiger partial charge is 0.390 e. The van der Waals surface area contributed by atoms with Crippen LogP contribution in [0.3, 0.4) is 0 Å². The fourth-order valence-electron chi connectivity index (χ4n) is 9.51. The molecule has 0 spiro atoms. The third-order valence-corrected chi connectivity index (χ3v) is 10.6. The summed E-state index contributed by atoms with van der Waals surface area (Å²) in [6.45, 7) is 4.25.